The maximum absolute atomic E-state index is 8.90. The summed E-state index contributed by atoms with van der Waals surface area (Å²) in [6, 6.07) is 4.02. The maximum atomic E-state index is 8.90. The second-order valence-electron chi connectivity index (χ2n) is 5.70. The molecule has 1 heterocycles. The van der Waals surface area contributed by atoms with E-state index in [1.165, 1.54) is 0 Å². The fraction of sp³-hybridized carbons (Fsp3) is 0.667. The Morgan fingerprint density at radius 1 is 1.32 bits per heavy atom. The molecule has 1 aromatic heterocycles. The minimum absolute atomic E-state index is 0.184. The summed E-state index contributed by atoms with van der Waals surface area (Å²) >= 11 is 0. The average molecular weight is 265 g/mol. The molecule has 1 aromatic rings. The van der Waals surface area contributed by atoms with E-state index in [0.717, 1.165) is 43.9 Å². The van der Waals surface area contributed by atoms with Crippen LogP contribution in [0.15, 0.2) is 18.3 Å². The molecule has 0 radical (unpaired) electrons. The summed E-state index contributed by atoms with van der Waals surface area (Å²) in [6.07, 6.45) is 4.78. The quantitative estimate of drug-likeness (QED) is 0.642. The van der Waals surface area contributed by atoms with Crippen LogP contribution < -0.4 is 10.6 Å². The van der Waals surface area contributed by atoms with Crippen LogP contribution in [-0.4, -0.2) is 29.8 Å². The van der Waals surface area contributed by atoms with Gasteiger partial charge < -0.3 is 15.7 Å². The first-order valence-electron chi connectivity index (χ1n) is 7.12. The van der Waals surface area contributed by atoms with E-state index in [1.54, 1.807) is 0 Å². The second kappa shape index (κ2) is 8.00. The molecule has 3 N–H and O–H groups in total. The van der Waals surface area contributed by atoms with E-state index in [-0.39, 0.29) is 12.0 Å². The van der Waals surface area contributed by atoms with Gasteiger partial charge in [-0.3, -0.25) is 0 Å². The van der Waals surface area contributed by atoms with Gasteiger partial charge in [-0.25, -0.2) is 4.98 Å². The molecule has 0 atom stereocenters. The first-order chi connectivity index (χ1) is 9.07. The van der Waals surface area contributed by atoms with Gasteiger partial charge in [0.25, 0.3) is 0 Å². The van der Waals surface area contributed by atoms with Crippen molar-refractivity contribution in [1.82, 2.24) is 4.98 Å². The third-order valence-corrected chi connectivity index (χ3v) is 3.10. The number of pyridine rings is 1. The summed E-state index contributed by atoms with van der Waals surface area (Å²) in [5.74, 6) is 0.917. The zero-order chi connectivity index (χ0) is 14.1. The standard InChI is InChI=1S/C15H27N3O/c1-4-8-16-14-11-13(6-9-17-14)18-12-15(2,3)7-5-10-19/h6,9,11,19H,4-5,7-8,10,12H2,1-3H3,(H2,16,17,18). The Bertz CT molecular complexity index is 366. The van der Waals surface area contributed by atoms with E-state index in [1.807, 2.05) is 18.3 Å². The maximum Gasteiger partial charge on any atom is 0.127 e. The molecule has 0 fully saturated rings. The van der Waals surface area contributed by atoms with Gasteiger partial charge in [-0.1, -0.05) is 20.8 Å². The molecule has 0 unspecified atom stereocenters. The number of hydrogen-bond acceptors (Lipinski definition) is 4. The van der Waals surface area contributed by atoms with Crippen LogP contribution in [-0.2, 0) is 0 Å². The zero-order valence-electron chi connectivity index (χ0n) is 12.4. The van der Waals surface area contributed by atoms with E-state index in [2.05, 4.69) is 36.4 Å². The number of hydrogen-bond donors (Lipinski definition) is 3. The summed E-state index contributed by atoms with van der Waals surface area (Å²) in [5.41, 5.74) is 1.27. The van der Waals surface area contributed by atoms with Crippen molar-refractivity contribution in [3.8, 4) is 0 Å². The first kappa shape index (κ1) is 15.8. The molecule has 0 saturated carbocycles. The van der Waals surface area contributed by atoms with Gasteiger partial charge in [0.15, 0.2) is 0 Å². The van der Waals surface area contributed by atoms with Gasteiger partial charge in [-0.15, -0.1) is 0 Å². The fourth-order valence-corrected chi connectivity index (χ4v) is 1.88. The first-order valence-corrected chi connectivity index (χ1v) is 7.12. The van der Waals surface area contributed by atoms with Crippen LogP contribution in [0.5, 0.6) is 0 Å². The summed E-state index contributed by atoms with van der Waals surface area (Å²) in [4.78, 5) is 4.29. The van der Waals surface area contributed by atoms with Crippen molar-refractivity contribution in [2.45, 2.75) is 40.0 Å². The van der Waals surface area contributed by atoms with Gasteiger partial charge in [-0.05, 0) is 30.7 Å². The minimum atomic E-state index is 0.184. The van der Waals surface area contributed by atoms with Gasteiger partial charge in [0.05, 0.1) is 0 Å². The summed E-state index contributed by atoms with van der Waals surface area (Å²) in [7, 11) is 0. The molecular formula is C15H27N3O. The lowest BCUT2D eigenvalue weighted by atomic mass is 9.88. The average Bonchev–Trinajstić information content (AvgIpc) is 2.41. The monoisotopic (exact) mass is 265 g/mol. The third-order valence-electron chi connectivity index (χ3n) is 3.10. The predicted octanol–water partition coefficient (Wildman–Crippen LogP) is 3.11. The van der Waals surface area contributed by atoms with Gasteiger partial charge in [-0.2, -0.15) is 0 Å². The number of nitrogens with zero attached hydrogens (tertiary/aromatic N) is 1. The minimum Gasteiger partial charge on any atom is -0.396 e. The highest BCUT2D eigenvalue weighted by molar-refractivity contribution is 5.51. The normalized spacial score (nSPS) is 11.4. The van der Waals surface area contributed by atoms with Crippen molar-refractivity contribution in [3.05, 3.63) is 18.3 Å². The van der Waals surface area contributed by atoms with Crippen molar-refractivity contribution in [3.63, 3.8) is 0 Å². The van der Waals surface area contributed by atoms with Crippen LogP contribution in [0.3, 0.4) is 0 Å². The van der Waals surface area contributed by atoms with E-state index in [0.29, 0.717) is 0 Å². The van der Waals surface area contributed by atoms with Crippen molar-refractivity contribution in [2.75, 3.05) is 30.3 Å². The lowest BCUT2D eigenvalue weighted by molar-refractivity contribution is 0.248. The molecule has 0 aliphatic rings. The van der Waals surface area contributed by atoms with Crippen molar-refractivity contribution >= 4 is 11.5 Å². The van der Waals surface area contributed by atoms with Crippen LogP contribution in [0, 0.1) is 5.41 Å². The SMILES string of the molecule is CCCNc1cc(NCC(C)(C)CCCO)ccn1. The number of rotatable bonds is 9. The molecule has 19 heavy (non-hydrogen) atoms. The van der Waals surface area contributed by atoms with E-state index in [4.69, 9.17) is 5.11 Å². The summed E-state index contributed by atoms with van der Waals surface area (Å²) in [6.45, 7) is 8.67. The Hall–Kier alpha value is -1.29. The molecule has 0 amide bonds. The molecule has 0 bridgehead atoms. The molecule has 1 rings (SSSR count). The lowest BCUT2D eigenvalue weighted by Gasteiger charge is -2.25. The molecule has 0 saturated heterocycles. The van der Waals surface area contributed by atoms with Crippen molar-refractivity contribution in [1.29, 1.82) is 0 Å². The number of anilines is 2. The Labute approximate surface area is 116 Å². The molecule has 0 aliphatic carbocycles. The number of aromatic nitrogens is 1. The number of nitrogens with one attached hydrogen (secondary N) is 2. The van der Waals surface area contributed by atoms with Crippen LogP contribution in [0.4, 0.5) is 11.5 Å². The second-order valence-corrected chi connectivity index (χ2v) is 5.70. The Kier molecular flexibility index (Phi) is 6.64. The van der Waals surface area contributed by atoms with Gasteiger partial charge in [0.1, 0.15) is 5.82 Å². The predicted molar refractivity (Wildman–Crippen MR) is 81.6 cm³/mol. The topological polar surface area (TPSA) is 57.2 Å². The highest BCUT2D eigenvalue weighted by Crippen LogP contribution is 2.23. The largest absolute Gasteiger partial charge is 0.396 e. The van der Waals surface area contributed by atoms with Crippen LogP contribution in [0.25, 0.3) is 0 Å². The Morgan fingerprint density at radius 2 is 2.11 bits per heavy atom. The molecule has 0 spiro atoms. The lowest BCUT2D eigenvalue weighted by Crippen LogP contribution is -2.23. The molecule has 4 heteroatoms. The smallest absolute Gasteiger partial charge is 0.127 e. The molecule has 0 aliphatic heterocycles. The Balaban J connectivity index is 2.48. The summed E-state index contributed by atoms with van der Waals surface area (Å²) in [5, 5.41) is 15.6. The van der Waals surface area contributed by atoms with Crippen LogP contribution in [0.2, 0.25) is 0 Å². The fourth-order valence-electron chi connectivity index (χ4n) is 1.88. The zero-order valence-corrected chi connectivity index (χ0v) is 12.4. The van der Waals surface area contributed by atoms with Gasteiger partial charge >= 0.3 is 0 Å². The molecule has 4 nitrogen and oxygen atoms in total. The van der Waals surface area contributed by atoms with Crippen LogP contribution in [0.1, 0.15) is 40.0 Å². The summed E-state index contributed by atoms with van der Waals surface area (Å²) < 4.78 is 0. The number of aliphatic hydroxyl groups is 1. The van der Waals surface area contributed by atoms with E-state index < -0.39 is 0 Å². The molecular weight excluding hydrogens is 238 g/mol. The number of aliphatic hydroxyl groups excluding tert-OH is 1. The van der Waals surface area contributed by atoms with E-state index in [9.17, 15) is 0 Å². The van der Waals surface area contributed by atoms with Gasteiger partial charge in [0.2, 0.25) is 0 Å². The van der Waals surface area contributed by atoms with Gasteiger partial charge in [0, 0.05) is 37.6 Å². The Morgan fingerprint density at radius 3 is 2.79 bits per heavy atom. The highest BCUT2D eigenvalue weighted by Gasteiger charge is 2.16. The van der Waals surface area contributed by atoms with E-state index >= 15 is 0 Å². The molecule has 0 aromatic carbocycles. The molecule has 108 valence electrons. The van der Waals surface area contributed by atoms with Crippen molar-refractivity contribution < 1.29 is 5.11 Å². The van der Waals surface area contributed by atoms with Crippen molar-refractivity contribution in [2.24, 2.45) is 5.41 Å². The third kappa shape index (κ3) is 6.43. The van der Waals surface area contributed by atoms with Crippen LogP contribution >= 0.6 is 0 Å². The highest BCUT2D eigenvalue weighted by atomic mass is 16.2.